The Balaban J connectivity index is 0. The van der Waals surface area contributed by atoms with Gasteiger partial charge in [-0.1, -0.05) is 12.1 Å². The lowest BCUT2D eigenvalue weighted by molar-refractivity contribution is 0.0692. The molecule has 8 heteroatoms. The van der Waals surface area contributed by atoms with E-state index in [-0.39, 0.29) is 24.8 Å². The summed E-state index contributed by atoms with van der Waals surface area (Å²) in [5.41, 5.74) is -0.440. The van der Waals surface area contributed by atoms with E-state index >= 15 is 0 Å². The zero-order valence-electron chi connectivity index (χ0n) is 7.15. The number of hydrogen-bond donors (Lipinski definition) is 2. The van der Waals surface area contributed by atoms with Gasteiger partial charge in [0.1, 0.15) is 4.90 Å². The second kappa shape index (κ2) is 5.92. The zero-order valence-corrected chi connectivity index (χ0v) is 9.60. The largest absolute Gasteiger partial charge is 0.478 e. The van der Waals surface area contributed by atoms with Crippen molar-refractivity contribution in [1.82, 2.24) is 0 Å². The summed E-state index contributed by atoms with van der Waals surface area (Å²) in [5.74, 6) is -1.40. The Kier molecular flexibility index (Phi) is 6.55. The quantitative estimate of drug-likeness (QED) is 0.797. The van der Waals surface area contributed by atoms with Gasteiger partial charge in [-0.25, -0.2) is 4.79 Å². The normalized spacial score (nSPS) is 9.67. The third kappa shape index (κ3) is 4.05. The van der Waals surface area contributed by atoms with Gasteiger partial charge >= 0.3 is 5.97 Å². The van der Waals surface area contributed by atoms with Gasteiger partial charge in [-0.15, -0.1) is 24.8 Å². The Hall–Kier alpha value is -0.820. The molecule has 0 fully saturated rings. The van der Waals surface area contributed by atoms with Crippen LogP contribution in [0.25, 0.3) is 0 Å². The van der Waals surface area contributed by atoms with Gasteiger partial charge in [-0.05, 0) is 12.1 Å². The molecule has 86 valence electrons. The van der Waals surface area contributed by atoms with Gasteiger partial charge in [0.15, 0.2) is 0 Å². The van der Waals surface area contributed by atoms with Gasteiger partial charge in [-0.3, -0.25) is 4.55 Å². The summed E-state index contributed by atoms with van der Waals surface area (Å²) < 4.78 is 29.9. The number of carboxylic acid groups (broad SMARTS) is 1. The van der Waals surface area contributed by atoms with E-state index in [1.807, 2.05) is 0 Å². The van der Waals surface area contributed by atoms with Gasteiger partial charge in [-0.2, -0.15) is 8.42 Å². The van der Waals surface area contributed by atoms with E-state index < -0.39 is 26.5 Å². The number of rotatable bonds is 2. The van der Waals surface area contributed by atoms with Crippen LogP contribution in [0.2, 0.25) is 0 Å². The van der Waals surface area contributed by atoms with Gasteiger partial charge in [0.2, 0.25) is 0 Å². The fraction of sp³-hybridized carbons (Fsp3) is 0. The van der Waals surface area contributed by atoms with Crippen LogP contribution in [-0.4, -0.2) is 24.0 Å². The molecule has 1 aromatic carbocycles. The van der Waals surface area contributed by atoms with E-state index in [1.54, 1.807) is 0 Å². The van der Waals surface area contributed by atoms with Gasteiger partial charge in [0.05, 0.1) is 5.56 Å². The molecular formula is C7H8Cl2O5S. The highest BCUT2D eigenvalue weighted by molar-refractivity contribution is 7.86. The fourth-order valence-electron chi connectivity index (χ4n) is 0.868. The molecule has 0 radical (unpaired) electrons. The number of halogens is 2. The summed E-state index contributed by atoms with van der Waals surface area (Å²) in [4.78, 5) is 9.90. The van der Waals surface area contributed by atoms with Crippen molar-refractivity contribution in [3.63, 3.8) is 0 Å². The second-order valence-corrected chi connectivity index (χ2v) is 3.67. The van der Waals surface area contributed by atoms with Crippen LogP contribution < -0.4 is 0 Å². The van der Waals surface area contributed by atoms with Crippen molar-refractivity contribution in [2.75, 3.05) is 0 Å². The first-order chi connectivity index (χ1) is 5.93. The Bertz CT molecular complexity index is 442. The molecule has 15 heavy (non-hydrogen) atoms. The number of carbonyl (C=O) groups is 1. The first kappa shape index (κ1) is 16.6. The van der Waals surface area contributed by atoms with Crippen LogP contribution in [0.1, 0.15) is 10.4 Å². The number of carboxylic acids is 1. The van der Waals surface area contributed by atoms with Crippen LogP contribution in [-0.2, 0) is 10.1 Å². The number of aromatic carboxylic acids is 1. The molecule has 0 spiro atoms. The third-order valence-electron chi connectivity index (χ3n) is 1.40. The van der Waals surface area contributed by atoms with Crippen molar-refractivity contribution < 1.29 is 22.9 Å². The molecule has 1 aromatic rings. The summed E-state index contributed by atoms with van der Waals surface area (Å²) in [6.07, 6.45) is 0. The van der Waals surface area contributed by atoms with Gasteiger partial charge in [0.25, 0.3) is 10.1 Å². The SMILES string of the molecule is Cl.Cl.O=C(O)c1ccccc1S(=O)(=O)O. The lowest BCUT2D eigenvalue weighted by Gasteiger charge is -2.00. The lowest BCUT2D eigenvalue weighted by Crippen LogP contribution is -2.07. The minimum atomic E-state index is -4.46. The van der Waals surface area contributed by atoms with Gasteiger partial charge in [0, 0.05) is 0 Å². The maximum absolute atomic E-state index is 10.7. The molecule has 0 saturated heterocycles. The molecule has 2 N–H and O–H groups in total. The Labute approximate surface area is 98.7 Å². The first-order valence-corrected chi connectivity index (χ1v) is 4.67. The average molecular weight is 275 g/mol. The highest BCUT2D eigenvalue weighted by atomic mass is 35.5. The molecule has 0 aliphatic heterocycles. The van der Waals surface area contributed by atoms with Crippen molar-refractivity contribution in [2.45, 2.75) is 4.90 Å². The van der Waals surface area contributed by atoms with E-state index in [0.717, 1.165) is 12.1 Å². The highest BCUT2D eigenvalue weighted by Crippen LogP contribution is 2.14. The van der Waals surface area contributed by atoms with Crippen molar-refractivity contribution in [2.24, 2.45) is 0 Å². The molecule has 0 unspecified atom stereocenters. The van der Waals surface area contributed by atoms with E-state index in [9.17, 15) is 13.2 Å². The number of hydrogen-bond acceptors (Lipinski definition) is 3. The molecule has 1 rings (SSSR count). The molecular weight excluding hydrogens is 267 g/mol. The van der Waals surface area contributed by atoms with Crippen LogP contribution in [0.5, 0.6) is 0 Å². The summed E-state index contributed by atoms with van der Waals surface area (Å²) in [6.45, 7) is 0. The third-order valence-corrected chi connectivity index (χ3v) is 2.31. The molecule has 0 saturated carbocycles. The monoisotopic (exact) mass is 274 g/mol. The predicted molar refractivity (Wildman–Crippen MR) is 57.7 cm³/mol. The van der Waals surface area contributed by atoms with E-state index in [0.29, 0.717) is 0 Å². The second-order valence-electron chi connectivity index (χ2n) is 2.28. The molecule has 0 bridgehead atoms. The van der Waals surface area contributed by atoms with Gasteiger partial charge < -0.3 is 5.11 Å². The topological polar surface area (TPSA) is 91.7 Å². The molecule has 5 nitrogen and oxygen atoms in total. The molecule has 0 atom stereocenters. The molecule has 0 aliphatic carbocycles. The first-order valence-electron chi connectivity index (χ1n) is 3.23. The standard InChI is InChI=1S/C7H6O5S.2ClH/c8-7(9)5-3-1-2-4-6(5)13(10,11)12;;/h1-4H,(H,8,9)(H,10,11,12);2*1H. The number of benzene rings is 1. The maximum Gasteiger partial charge on any atom is 0.337 e. The lowest BCUT2D eigenvalue weighted by atomic mass is 10.2. The molecule has 0 heterocycles. The Morgan fingerprint density at radius 2 is 1.60 bits per heavy atom. The summed E-state index contributed by atoms with van der Waals surface area (Å²) in [7, 11) is -4.46. The van der Waals surface area contributed by atoms with E-state index in [2.05, 4.69) is 0 Å². The van der Waals surface area contributed by atoms with Crippen molar-refractivity contribution in [1.29, 1.82) is 0 Å². The van der Waals surface area contributed by atoms with Crippen LogP contribution in [0.4, 0.5) is 0 Å². The Morgan fingerprint density at radius 3 is 1.93 bits per heavy atom. The summed E-state index contributed by atoms with van der Waals surface area (Å²) >= 11 is 0. The van der Waals surface area contributed by atoms with Crippen LogP contribution in [0.15, 0.2) is 29.2 Å². The summed E-state index contributed by atoms with van der Waals surface area (Å²) in [6, 6.07) is 4.83. The minimum Gasteiger partial charge on any atom is -0.478 e. The molecule has 0 aromatic heterocycles. The van der Waals surface area contributed by atoms with Crippen molar-refractivity contribution >= 4 is 40.9 Å². The predicted octanol–water partition coefficient (Wildman–Crippen LogP) is 1.48. The fourth-order valence-corrected chi connectivity index (χ4v) is 1.55. The van der Waals surface area contributed by atoms with E-state index in [4.69, 9.17) is 9.66 Å². The summed E-state index contributed by atoms with van der Waals surface area (Å²) in [5, 5.41) is 8.55. The zero-order chi connectivity index (χ0) is 10.1. The van der Waals surface area contributed by atoms with Crippen LogP contribution >= 0.6 is 24.8 Å². The van der Waals surface area contributed by atoms with E-state index in [1.165, 1.54) is 12.1 Å². The van der Waals surface area contributed by atoms with Crippen LogP contribution in [0, 0.1) is 0 Å². The highest BCUT2D eigenvalue weighted by Gasteiger charge is 2.18. The minimum absolute atomic E-state index is 0. The smallest absolute Gasteiger partial charge is 0.337 e. The maximum atomic E-state index is 10.7. The average Bonchev–Trinajstić information content (AvgIpc) is 2.03. The molecule has 0 aliphatic rings. The Morgan fingerprint density at radius 1 is 1.13 bits per heavy atom. The van der Waals surface area contributed by atoms with Crippen molar-refractivity contribution in [3.8, 4) is 0 Å². The van der Waals surface area contributed by atoms with Crippen LogP contribution in [0.3, 0.4) is 0 Å². The molecule has 0 amide bonds. The van der Waals surface area contributed by atoms with Crippen molar-refractivity contribution in [3.05, 3.63) is 29.8 Å².